The zero-order chi connectivity index (χ0) is 13.7. The van der Waals surface area contributed by atoms with Gasteiger partial charge in [-0.15, -0.1) is 0 Å². The van der Waals surface area contributed by atoms with E-state index in [2.05, 4.69) is 0 Å². The molecule has 2 fully saturated rings. The third-order valence-corrected chi connectivity index (χ3v) is 4.48. The van der Waals surface area contributed by atoms with Crippen molar-refractivity contribution in [2.24, 2.45) is 5.92 Å². The summed E-state index contributed by atoms with van der Waals surface area (Å²) < 4.78 is 0. The smallest absolute Gasteiger partial charge is 0.222 e. The molecule has 0 spiro atoms. The molecule has 0 bridgehead atoms. The monoisotopic (exact) mass is 266 g/mol. The summed E-state index contributed by atoms with van der Waals surface area (Å²) in [6.07, 6.45) is 7.65. The maximum absolute atomic E-state index is 12.2. The van der Waals surface area contributed by atoms with Gasteiger partial charge < -0.3 is 9.80 Å². The molecule has 0 aromatic rings. The Morgan fingerprint density at radius 1 is 0.895 bits per heavy atom. The van der Waals surface area contributed by atoms with Crippen molar-refractivity contribution in [2.75, 3.05) is 26.2 Å². The molecule has 0 N–H and O–H groups in total. The van der Waals surface area contributed by atoms with E-state index in [1.807, 2.05) is 16.7 Å². The average molecular weight is 266 g/mol. The van der Waals surface area contributed by atoms with Gasteiger partial charge in [0.15, 0.2) is 0 Å². The van der Waals surface area contributed by atoms with E-state index >= 15 is 0 Å². The third-order valence-electron chi connectivity index (χ3n) is 4.48. The minimum atomic E-state index is 0.208. The standard InChI is InChI=1S/C15H26N2O2/c1-2-14(18)16-8-10-17(11-9-16)15(19)12-13-6-4-3-5-7-13/h13H,2-12H2,1H3. The molecule has 0 aromatic heterocycles. The average Bonchev–Trinajstić information content (AvgIpc) is 2.47. The fourth-order valence-corrected chi connectivity index (χ4v) is 3.20. The minimum Gasteiger partial charge on any atom is -0.339 e. The van der Waals surface area contributed by atoms with Crippen LogP contribution in [0.25, 0.3) is 0 Å². The summed E-state index contributed by atoms with van der Waals surface area (Å²) in [5, 5.41) is 0. The number of hydrogen-bond donors (Lipinski definition) is 0. The first-order valence-electron chi connectivity index (χ1n) is 7.76. The summed E-state index contributed by atoms with van der Waals surface area (Å²) in [6, 6.07) is 0. The zero-order valence-corrected chi connectivity index (χ0v) is 12.1. The largest absolute Gasteiger partial charge is 0.339 e. The molecule has 1 saturated carbocycles. The normalized spacial score (nSPS) is 21.5. The van der Waals surface area contributed by atoms with Crippen LogP contribution in [0.1, 0.15) is 51.9 Å². The molecule has 1 aliphatic heterocycles. The van der Waals surface area contributed by atoms with Crippen LogP contribution in [-0.2, 0) is 9.59 Å². The molecule has 4 nitrogen and oxygen atoms in total. The first-order chi connectivity index (χ1) is 9.20. The summed E-state index contributed by atoms with van der Waals surface area (Å²) in [5.41, 5.74) is 0. The Hall–Kier alpha value is -1.06. The van der Waals surface area contributed by atoms with Gasteiger partial charge in [0.1, 0.15) is 0 Å². The molecule has 108 valence electrons. The molecule has 0 unspecified atom stereocenters. The maximum atomic E-state index is 12.2. The van der Waals surface area contributed by atoms with Gasteiger partial charge in [-0.3, -0.25) is 9.59 Å². The molecule has 4 heteroatoms. The summed E-state index contributed by atoms with van der Waals surface area (Å²) in [6.45, 7) is 4.75. The Labute approximate surface area is 116 Å². The number of nitrogens with zero attached hydrogens (tertiary/aromatic N) is 2. The molecule has 1 saturated heterocycles. The van der Waals surface area contributed by atoms with E-state index in [0.29, 0.717) is 31.3 Å². The highest BCUT2D eigenvalue weighted by molar-refractivity contribution is 5.78. The van der Waals surface area contributed by atoms with Crippen molar-refractivity contribution < 1.29 is 9.59 Å². The van der Waals surface area contributed by atoms with E-state index in [-0.39, 0.29) is 5.91 Å². The molecule has 0 aromatic carbocycles. The molecule has 2 amide bonds. The molecule has 1 heterocycles. The van der Waals surface area contributed by atoms with Gasteiger partial charge in [-0.25, -0.2) is 0 Å². The maximum Gasteiger partial charge on any atom is 0.222 e. The summed E-state index contributed by atoms with van der Waals surface area (Å²) in [7, 11) is 0. The van der Waals surface area contributed by atoms with Crippen molar-refractivity contribution in [1.29, 1.82) is 0 Å². The van der Waals surface area contributed by atoms with Crippen LogP contribution >= 0.6 is 0 Å². The number of hydrogen-bond acceptors (Lipinski definition) is 2. The van der Waals surface area contributed by atoms with Gasteiger partial charge >= 0.3 is 0 Å². The fourth-order valence-electron chi connectivity index (χ4n) is 3.20. The SMILES string of the molecule is CCC(=O)N1CCN(C(=O)CC2CCCCC2)CC1. The lowest BCUT2D eigenvalue weighted by molar-refractivity contribution is -0.140. The number of amides is 2. The van der Waals surface area contributed by atoms with Crippen molar-refractivity contribution in [3.05, 3.63) is 0 Å². The van der Waals surface area contributed by atoms with Gasteiger partial charge in [-0.1, -0.05) is 26.2 Å². The molecule has 2 aliphatic rings. The fraction of sp³-hybridized carbons (Fsp3) is 0.867. The van der Waals surface area contributed by atoms with Gasteiger partial charge in [0, 0.05) is 39.0 Å². The summed E-state index contributed by atoms with van der Waals surface area (Å²) in [5.74, 6) is 1.12. The second-order valence-electron chi connectivity index (χ2n) is 5.82. The Morgan fingerprint density at radius 3 is 1.95 bits per heavy atom. The van der Waals surface area contributed by atoms with Crippen LogP contribution in [0.15, 0.2) is 0 Å². The van der Waals surface area contributed by atoms with Crippen LogP contribution in [0.5, 0.6) is 0 Å². The van der Waals surface area contributed by atoms with Crippen LogP contribution in [0.2, 0.25) is 0 Å². The quantitative estimate of drug-likeness (QED) is 0.784. The number of piperazine rings is 1. The molecule has 2 rings (SSSR count). The molecule has 1 aliphatic carbocycles. The van der Waals surface area contributed by atoms with E-state index in [1.54, 1.807) is 0 Å². The summed E-state index contributed by atoms with van der Waals surface area (Å²) >= 11 is 0. The van der Waals surface area contributed by atoms with Gasteiger partial charge in [0.2, 0.25) is 11.8 Å². The lowest BCUT2D eigenvalue weighted by Gasteiger charge is -2.35. The predicted octanol–water partition coefficient (Wildman–Crippen LogP) is 2.04. The highest BCUT2D eigenvalue weighted by atomic mass is 16.2. The lowest BCUT2D eigenvalue weighted by Crippen LogP contribution is -2.50. The van der Waals surface area contributed by atoms with E-state index in [9.17, 15) is 9.59 Å². The highest BCUT2D eigenvalue weighted by Crippen LogP contribution is 2.27. The first-order valence-corrected chi connectivity index (χ1v) is 7.76. The van der Waals surface area contributed by atoms with Gasteiger partial charge in [0.05, 0.1) is 0 Å². The zero-order valence-electron chi connectivity index (χ0n) is 12.1. The number of rotatable bonds is 3. The van der Waals surface area contributed by atoms with E-state index in [0.717, 1.165) is 19.5 Å². The molecule has 19 heavy (non-hydrogen) atoms. The Bertz CT molecular complexity index is 316. The molecular weight excluding hydrogens is 240 g/mol. The van der Waals surface area contributed by atoms with E-state index < -0.39 is 0 Å². The van der Waals surface area contributed by atoms with Crippen molar-refractivity contribution in [1.82, 2.24) is 9.80 Å². The second kappa shape index (κ2) is 6.92. The van der Waals surface area contributed by atoms with Crippen molar-refractivity contribution in [2.45, 2.75) is 51.9 Å². The van der Waals surface area contributed by atoms with Crippen molar-refractivity contribution in [3.63, 3.8) is 0 Å². The molecule has 0 radical (unpaired) electrons. The van der Waals surface area contributed by atoms with E-state index in [4.69, 9.17) is 0 Å². The van der Waals surface area contributed by atoms with Gasteiger partial charge in [0.25, 0.3) is 0 Å². The first kappa shape index (κ1) is 14.4. The van der Waals surface area contributed by atoms with Gasteiger partial charge in [-0.05, 0) is 18.8 Å². The number of carbonyl (C=O) groups excluding carboxylic acids is 2. The minimum absolute atomic E-state index is 0.208. The van der Waals surface area contributed by atoms with Crippen LogP contribution in [0.4, 0.5) is 0 Å². The molecular formula is C15H26N2O2. The highest BCUT2D eigenvalue weighted by Gasteiger charge is 2.25. The Balaban J connectivity index is 1.74. The molecule has 0 atom stereocenters. The Morgan fingerprint density at radius 2 is 1.42 bits per heavy atom. The summed E-state index contributed by atoms with van der Waals surface area (Å²) in [4.78, 5) is 27.6. The van der Waals surface area contributed by atoms with Crippen LogP contribution in [0, 0.1) is 5.92 Å². The van der Waals surface area contributed by atoms with Crippen LogP contribution in [0.3, 0.4) is 0 Å². The third kappa shape index (κ3) is 3.95. The van der Waals surface area contributed by atoms with Gasteiger partial charge in [-0.2, -0.15) is 0 Å². The second-order valence-corrected chi connectivity index (χ2v) is 5.82. The van der Waals surface area contributed by atoms with E-state index in [1.165, 1.54) is 32.1 Å². The van der Waals surface area contributed by atoms with Crippen LogP contribution in [-0.4, -0.2) is 47.8 Å². The lowest BCUT2D eigenvalue weighted by atomic mass is 9.86. The predicted molar refractivity (Wildman–Crippen MR) is 74.6 cm³/mol. The van der Waals surface area contributed by atoms with Crippen LogP contribution < -0.4 is 0 Å². The van der Waals surface area contributed by atoms with Crippen molar-refractivity contribution in [3.8, 4) is 0 Å². The number of carbonyl (C=O) groups is 2. The van der Waals surface area contributed by atoms with Crippen molar-refractivity contribution >= 4 is 11.8 Å². The topological polar surface area (TPSA) is 40.6 Å². The Kier molecular flexibility index (Phi) is 5.23.